The van der Waals surface area contributed by atoms with Gasteiger partial charge >= 0.3 is 0 Å². The number of rotatable bonds is 2. The lowest BCUT2D eigenvalue weighted by molar-refractivity contribution is -0.119. The minimum Gasteiger partial charge on any atom is -0.316 e. The summed E-state index contributed by atoms with van der Waals surface area (Å²) in [7, 11) is 0. The molecule has 2 N–H and O–H groups in total. The van der Waals surface area contributed by atoms with Gasteiger partial charge in [-0.05, 0) is 6.07 Å². The Labute approximate surface area is 113 Å². The molecule has 0 saturated heterocycles. The van der Waals surface area contributed by atoms with Gasteiger partial charge < -0.3 is 10.6 Å². The van der Waals surface area contributed by atoms with Crippen LogP contribution in [-0.2, 0) is 11.3 Å². The standard InChI is InChI=1S/C13H10F2N4O/c14-7-3-9(15)11-10(4-7)19(13(20)12(11)16)6-8-5-17-1-2-18-8/h1-5,12H,6,16H2. The molecule has 3 rings (SSSR count). The highest BCUT2D eigenvalue weighted by Crippen LogP contribution is 2.37. The molecule has 0 radical (unpaired) electrons. The Bertz CT molecular complexity index is 678. The SMILES string of the molecule is NC1C(=O)N(Cc2cnccn2)c2cc(F)cc(F)c21. The van der Waals surface area contributed by atoms with Crippen LogP contribution in [0, 0.1) is 11.6 Å². The molecule has 1 aromatic heterocycles. The highest BCUT2D eigenvalue weighted by Gasteiger charge is 2.37. The molecule has 1 aromatic carbocycles. The Kier molecular flexibility index (Phi) is 2.90. The van der Waals surface area contributed by atoms with E-state index >= 15 is 0 Å². The number of carbonyl (C=O) groups excluding carboxylic acids is 1. The number of carbonyl (C=O) groups is 1. The molecule has 7 heteroatoms. The number of halogens is 2. The summed E-state index contributed by atoms with van der Waals surface area (Å²) in [5.74, 6) is -2.06. The minimum absolute atomic E-state index is 0.0142. The van der Waals surface area contributed by atoms with Gasteiger partial charge in [-0.3, -0.25) is 14.8 Å². The van der Waals surface area contributed by atoms with E-state index in [1.165, 1.54) is 23.5 Å². The summed E-state index contributed by atoms with van der Waals surface area (Å²) in [5, 5.41) is 0. The van der Waals surface area contributed by atoms with Gasteiger partial charge in [0.1, 0.15) is 17.7 Å². The molecule has 1 atom stereocenters. The van der Waals surface area contributed by atoms with E-state index in [1.807, 2.05) is 0 Å². The first-order valence-corrected chi connectivity index (χ1v) is 5.88. The van der Waals surface area contributed by atoms with Crippen molar-refractivity contribution in [3.63, 3.8) is 0 Å². The number of benzene rings is 1. The number of nitrogens with zero attached hydrogens (tertiary/aromatic N) is 3. The van der Waals surface area contributed by atoms with E-state index in [0.717, 1.165) is 12.1 Å². The summed E-state index contributed by atoms with van der Waals surface area (Å²) < 4.78 is 27.1. The van der Waals surface area contributed by atoms with E-state index < -0.39 is 23.6 Å². The van der Waals surface area contributed by atoms with E-state index in [4.69, 9.17) is 5.73 Å². The Morgan fingerprint density at radius 1 is 1.30 bits per heavy atom. The van der Waals surface area contributed by atoms with Gasteiger partial charge in [0.25, 0.3) is 0 Å². The molecule has 0 spiro atoms. The third-order valence-corrected chi connectivity index (χ3v) is 3.14. The summed E-state index contributed by atoms with van der Waals surface area (Å²) in [6.45, 7) is 0.0657. The van der Waals surface area contributed by atoms with Crippen molar-refractivity contribution in [2.75, 3.05) is 4.90 Å². The van der Waals surface area contributed by atoms with Crippen molar-refractivity contribution in [1.29, 1.82) is 0 Å². The fraction of sp³-hybridized carbons (Fsp3) is 0.154. The third-order valence-electron chi connectivity index (χ3n) is 3.14. The van der Waals surface area contributed by atoms with E-state index in [9.17, 15) is 13.6 Å². The largest absolute Gasteiger partial charge is 0.316 e. The van der Waals surface area contributed by atoms with E-state index in [2.05, 4.69) is 9.97 Å². The molecular weight excluding hydrogens is 266 g/mol. The van der Waals surface area contributed by atoms with Crippen LogP contribution in [0.4, 0.5) is 14.5 Å². The van der Waals surface area contributed by atoms with Crippen LogP contribution in [0.15, 0.2) is 30.7 Å². The third kappa shape index (κ3) is 1.92. The van der Waals surface area contributed by atoms with Crippen LogP contribution in [-0.4, -0.2) is 15.9 Å². The minimum atomic E-state index is -1.12. The molecule has 0 fully saturated rings. The van der Waals surface area contributed by atoms with Crippen molar-refractivity contribution in [2.45, 2.75) is 12.6 Å². The van der Waals surface area contributed by atoms with Crippen molar-refractivity contribution in [1.82, 2.24) is 9.97 Å². The summed E-state index contributed by atoms with van der Waals surface area (Å²) >= 11 is 0. The van der Waals surface area contributed by atoms with Crippen molar-refractivity contribution < 1.29 is 13.6 Å². The normalized spacial score (nSPS) is 17.4. The van der Waals surface area contributed by atoms with Crippen LogP contribution in [0.5, 0.6) is 0 Å². The van der Waals surface area contributed by atoms with E-state index in [0.29, 0.717) is 5.69 Å². The molecule has 5 nitrogen and oxygen atoms in total. The second-order valence-electron chi connectivity index (χ2n) is 4.42. The molecule has 0 bridgehead atoms. The summed E-state index contributed by atoms with van der Waals surface area (Å²) in [5.41, 5.74) is 6.36. The van der Waals surface area contributed by atoms with Gasteiger partial charge in [0.2, 0.25) is 5.91 Å². The van der Waals surface area contributed by atoms with Crippen LogP contribution in [0.2, 0.25) is 0 Å². The van der Waals surface area contributed by atoms with Crippen LogP contribution < -0.4 is 10.6 Å². The van der Waals surface area contributed by atoms with Gasteiger partial charge in [-0.25, -0.2) is 8.78 Å². The maximum absolute atomic E-state index is 13.8. The zero-order valence-electron chi connectivity index (χ0n) is 10.3. The second-order valence-corrected chi connectivity index (χ2v) is 4.42. The van der Waals surface area contributed by atoms with Gasteiger partial charge in [0.05, 0.1) is 24.1 Å². The predicted molar refractivity (Wildman–Crippen MR) is 66.5 cm³/mol. The van der Waals surface area contributed by atoms with Crippen LogP contribution in [0.3, 0.4) is 0 Å². The molecule has 1 unspecified atom stereocenters. The van der Waals surface area contributed by atoms with Gasteiger partial charge in [0, 0.05) is 24.0 Å². The molecule has 2 aromatic rings. The van der Waals surface area contributed by atoms with Gasteiger partial charge in [-0.1, -0.05) is 0 Å². The first kappa shape index (κ1) is 12.6. The summed E-state index contributed by atoms with van der Waals surface area (Å²) in [6.07, 6.45) is 4.45. The first-order chi connectivity index (χ1) is 9.58. The van der Waals surface area contributed by atoms with Crippen LogP contribution >= 0.6 is 0 Å². The number of amides is 1. The fourth-order valence-corrected chi connectivity index (χ4v) is 2.25. The van der Waals surface area contributed by atoms with Gasteiger partial charge in [0.15, 0.2) is 0 Å². The Hall–Kier alpha value is -2.41. The lowest BCUT2D eigenvalue weighted by Crippen LogP contribution is -2.31. The highest BCUT2D eigenvalue weighted by molar-refractivity contribution is 6.04. The number of hydrogen-bond acceptors (Lipinski definition) is 4. The molecule has 102 valence electrons. The molecular formula is C13H10F2N4O. The van der Waals surface area contributed by atoms with Crippen molar-refractivity contribution in [2.24, 2.45) is 5.73 Å². The molecule has 0 aliphatic carbocycles. The number of anilines is 1. The number of fused-ring (bicyclic) bond motifs is 1. The number of aromatic nitrogens is 2. The highest BCUT2D eigenvalue weighted by atomic mass is 19.1. The second kappa shape index (κ2) is 4.61. The lowest BCUT2D eigenvalue weighted by Gasteiger charge is -2.16. The summed E-state index contributed by atoms with van der Waals surface area (Å²) in [4.78, 5) is 21.2. The van der Waals surface area contributed by atoms with Crippen molar-refractivity contribution >= 4 is 11.6 Å². The van der Waals surface area contributed by atoms with Gasteiger partial charge in [-0.2, -0.15) is 0 Å². The predicted octanol–water partition coefficient (Wildman–Crippen LogP) is 1.30. The monoisotopic (exact) mass is 276 g/mol. The van der Waals surface area contributed by atoms with Gasteiger partial charge in [-0.15, -0.1) is 0 Å². The van der Waals surface area contributed by atoms with Crippen LogP contribution in [0.25, 0.3) is 0 Å². The lowest BCUT2D eigenvalue weighted by atomic mass is 10.1. The zero-order valence-corrected chi connectivity index (χ0v) is 10.3. The van der Waals surface area contributed by atoms with Crippen molar-refractivity contribution in [3.05, 3.63) is 53.6 Å². The molecule has 1 aliphatic rings. The quantitative estimate of drug-likeness (QED) is 0.897. The smallest absolute Gasteiger partial charge is 0.249 e. The molecule has 1 amide bonds. The van der Waals surface area contributed by atoms with Crippen LogP contribution in [0.1, 0.15) is 17.3 Å². The zero-order chi connectivity index (χ0) is 14.3. The first-order valence-electron chi connectivity index (χ1n) is 5.88. The summed E-state index contributed by atoms with van der Waals surface area (Å²) in [6, 6.07) is 0.694. The Morgan fingerprint density at radius 3 is 2.80 bits per heavy atom. The maximum atomic E-state index is 13.8. The number of nitrogens with two attached hydrogens (primary N) is 1. The van der Waals surface area contributed by atoms with Crippen molar-refractivity contribution in [3.8, 4) is 0 Å². The average Bonchev–Trinajstić information content (AvgIpc) is 2.65. The molecule has 1 aliphatic heterocycles. The number of hydrogen-bond donors (Lipinski definition) is 1. The van der Waals surface area contributed by atoms with E-state index in [-0.39, 0.29) is 17.8 Å². The average molecular weight is 276 g/mol. The fourth-order valence-electron chi connectivity index (χ4n) is 2.25. The topological polar surface area (TPSA) is 72.1 Å². The molecule has 0 saturated carbocycles. The van der Waals surface area contributed by atoms with E-state index in [1.54, 1.807) is 0 Å². The maximum Gasteiger partial charge on any atom is 0.249 e. The molecule has 20 heavy (non-hydrogen) atoms. The molecule has 2 heterocycles. The Morgan fingerprint density at radius 2 is 2.10 bits per heavy atom. The Balaban J connectivity index is 2.04.